The first-order valence-corrected chi connectivity index (χ1v) is 9.27. The molecule has 3 nitrogen and oxygen atoms in total. The Labute approximate surface area is 128 Å². The molecule has 1 aliphatic heterocycles. The molecule has 0 amide bonds. The molecule has 2 saturated carbocycles. The van der Waals surface area contributed by atoms with Crippen LogP contribution in [-0.4, -0.2) is 48.5 Å². The third kappa shape index (κ3) is 3.10. The summed E-state index contributed by atoms with van der Waals surface area (Å²) in [6.07, 6.45) is 5.81. The lowest BCUT2D eigenvalue weighted by molar-refractivity contribution is 0.366. The maximum Gasteiger partial charge on any atom is 0.193 e. The molecule has 3 aliphatic rings. The maximum absolute atomic E-state index is 4.54. The highest BCUT2D eigenvalue weighted by Gasteiger charge is 2.53. The van der Waals surface area contributed by atoms with E-state index in [1.807, 2.05) is 7.05 Å². The second-order valence-corrected chi connectivity index (χ2v) is 8.48. The van der Waals surface area contributed by atoms with Gasteiger partial charge in [-0.25, -0.2) is 0 Å². The van der Waals surface area contributed by atoms with Crippen molar-refractivity contribution in [3.05, 3.63) is 0 Å². The molecule has 1 heterocycles. The van der Waals surface area contributed by atoms with Crippen molar-refractivity contribution in [3.8, 4) is 0 Å². The van der Waals surface area contributed by atoms with Crippen LogP contribution < -0.4 is 5.32 Å². The molecule has 4 heteroatoms. The van der Waals surface area contributed by atoms with Gasteiger partial charge in [-0.3, -0.25) is 4.99 Å². The smallest absolute Gasteiger partial charge is 0.193 e. The molecule has 0 aromatic rings. The topological polar surface area (TPSA) is 27.6 Å². The lowest BCUT2D eigenvalue weighted by atomic mass is 10.0. The molecule has 0 bridgehead atoms. The van der Waals surface area contributed by atoms with Crippen molar-refractivity contribution in [2.75, 3.05) is 32.4 Å². The Bertz CT molecular complexity index is 372. The summed E-state index contributed by atoms with van der Waals surface area (Å²) in [5.41, 5.74) is 0.651. The van der Waals surface area contributed by atoms with Crippen molar-refractivity contribution in [1.29, 1.82) is 0 Å². The highest BCUT2D eigenvalue weighted by Crippen LogP contribution is 2.60. The van der Waals surface area contributed by atoms with Crippen molar-refractivity contribution in [2.45, 2.75) is 44.8 Å². The molecular weight excluding hydrogens is 266 g/mol. The monoisotopic (exact) mass is 295 g/mol. The van der Waals surface area contributed by atoms with Crippen molar-refractivity contribution in [3.63, 3.8) is 0 Å². The quantitative estimate of drug-likeness (QED) is 0.638. The first kappa shape index (κ1) is 14.6. The van der Waals surface area contributed by atoms with E-state index >= 15 is 0 Å². The summed E-state index contributed by atoms with van der Waals surface area (Å²) in [6.45, 7) is 8.12. The second kappa shape index (κ2) is 5.78. The molecule has 2 aliphatic carbocycles. The summed E-state index contributed by atoms with van der Waals surface area (Å²) in [5, 5.41) is 4.44. The van der Waals surface area contributed by atoms with Gasteiger partial charge in [0.15, 0.2) is 5.96 Å². The number of guanidine groups is 1. The minimum atomic E-state index is 0.651. The van der Waals surface area contributed by atoms with Gasteiger partial charge in [0.2, 0.25) is 0 Å². The number of hydrogen-bond acceptors (Lipinski definition) is 2. The van der Waals surface area contributed by atoms with Gasteiger partial charge in [0.1, 0.15) is 0 Å². The highest BCUT2D eigenvalue weighted by atomic mass is 32.2. The van der Waals surface area contributed by atoms with Gasteiger partial charge in [-0.15, -0.1) is 0 Å². The van der Waals surface area contributed by atoms with Crippen LogP contribution in [0.1, 0.15) is 39.5 Å². The van der Waals surface area contributed by atoms with E-state index in [0.29, 0.717) is 5.41 Å². The summed E-state index contributed by atoms with van der Waals surface area (Å²) in [7, 11) is 1.94. The van der Waals surface area contributed by atoms with Gasteiger partial charge in [-0.2, -0.15) is 11.8 Å². The molecule has 0 aromatic heterocycles. The van der Waals surface area contributed by atoms with E-state index in [0.717, 1.165) is 42.7 Å². The number of nitrogens with zero attached hydrogens (tertiary/aromatic N) is 2. The number of thioether (sulfide) groups is 1. The maximum atomic E-state index is 4.54. The summed E-state index contributed by atoms with van der Waals surface area (Å²) in [4.78, 5) is 7.01. The van der Waals surface area contributed by atoms with Crippen LogP contribution in [0, 0.1) is 17.3 Å². The molecule has 1 N–H and O–H groups in total. The Balaban J connectivity index is 1.53. The van der Waals surface area contributed by atoms with Gasteiger partial charge in [-0.05, 0) is 42.9 Å². The van der Waals surface area contributed by atoms with Crippen molar-refractivity contribution in [1.82, 2.24) is 10.2 Å². The fraction of sp³-hybridized carbons (Fsp3) is 0.938. The fourth-order valence-corrected chi connectivity index (χ4v) is 4.74. The molecule has 3 rings (SSSR count). The van der Waals surface area contributed by atoms with E-state index in [-0.39, 0.29) is 0 Å². The third-order valence-electron chi connectivity index (χ3n) is 5.28. The largest absolute Gasteiger partial charge is 0.356 e. The SMILES string of the molecule is CN=C(NCC1(C2CC2)CC1)N1CCSC(C(C)C)C1. The van der Waals surface area contributed by atoms with Crippen LogP contribution in [0.4, 0.5) is 0 Å². The van der Waals surface area contributed by atoms with Gasteiger partial charge >= 0.3 is 0 Å². The lowest BCUT2D eigenvalue weighted by Gasteiger charge is -2.36. The molecule has 0 spiro atoms. The van der Waals surface area contributed by atoms with E-state index in [2.05, 4.69) is 40.8 Å². The van der Waals surface area contributed by atoms with Gasteiger partial charge in [0, 0.05) is 37.7 Å². The Kier molecular flexibility index (Phi) is 4.21. The van der Waals surface area contributed by atoms with Crippen molar-refractivity contribution in [2.24, 2.45) is 22.2 Å². The van der Waals surface area contributed by atoms with Crippen LogP contribution in [0.5, 0.6) is 0 Å². The standard InChI is InChI=1S/C16H29N3S/c1-12(2)14-10-19(8-9-20-14)15(17-3)18-11-16(6-7-16)13-4-5-13/h12-14H,4-11H2,1-3H3,(H,17,18). The van der Waals surface area contributed by atoms with Crippen LogP contribution in [0.15, 0.2) is 4.99 Å². The first-order valence-electron chi connectivity index (χ1n) is 8.22. The van der Waals surface area contributed by atoms with E-state index in [1.165, 1.54) is 31.4 Å². The summed E-state index contributed by atoms with van der Waals surface area (Å²) >= 11 is 2.13. The van der Waals surface area contributed by atoms with Gasteiger partial charge in [0.25, 0.3) is 0 Å². The summed E-state index contributed by atoms with van der Waals surface area (Å²) < 4.78 is 0. The fourth-order valence-electron chi connectivity index (χ4n) is 3.44. The van der Waals surface area contributed by atoms with E-state index in [9.17, 15) is 0 Å². The molecule has 1 atom stereocenters. The normalized spacial score (nSPS) is 29.7. The van der Waals surface area contributed by atoms with E-state index < -0.39 is 0 Å². The number of nitrogens with one attached hydrogen (secondary N) is 1. The molecule has 3 fully saturated rings. The van der Waals surface area contributed by atoms with Crippen LogP contribution in [0.3, 0.4) is 0 Å². The zero-order valence-corrected chi connectivity index (χ0v) is 14.0. The number of hydrogen-bond donors (Lipinski definition) is 1. The minimum absolute atomic E-state index is 0.651. The zero-order chi connectivity index (χ0) is 14.2. The average molecular weight is 295 g/mol. The average Bonchev–Trinajstić information content (AvgIpc) is 3.32. The predicted octanol–water partition coefficient (Wildman–Crippen LogP) is 2.83. The third-order valence-corrected chi connectivity index (χ3v) is 6.82. The van der Waals surface area contributed by atoms with Crippen LogP contribution >= 0.6 is 11.8 Å². The summed E-state index contributed by atoms with van der Waals surface area (Å²) in [6, 6.07) is 0. The molecular formula is C16H29N3S. The Morgan fingerprint density at radius 1 is 1.40 bits per heavy atom. The Morgan fingerprint density at radius 3 is 2.70 bits per heavy atom. The van der Waals surface area contributed by atoms with Crippen LogP contribution in [0.2, 0.25) is 0 Å². The van der Waals surface area contributed by atoms with Crippen molar-refractivity contribution < 1.29 is 0 Å². The lowest BCUT2D eigenvalue weighted by Crippen LogP contribution is -2.50. The number of rotatable bonds is 4. The molecule has 1 saturated heterocycles. The van der Waals surface area contributed by atoms with Crippen LogP contribution in [0.25, 0.3) is 0 Å². The van der Waals surface area contributed by atoms with Crippen molar-refractivity contribution >= 4 is 17.7 Å². The van der Waals surface area contributed by atoms with Gasteiger partial charge in [0.05, 0.1) is 0 Å². The summed E-state index contributed by atoms with van der Waals surface area (Å²) in [5.74, 6) is 4.15. The Hall–Kier alpha value is -0.380. The molecule has 0 radical (unpaired) electrons. The van der Waals surface area contributed by atoms with E-state index in [1.54, 1.807) is 0 Å². The van der Waals surface area contributed by atoms with Crippen LogP contribution in [-0.2, 0) is 0 Å². The molecule has 0 aromatic carbocycles. The highest BCUT2D eigenvalue weighted by molar-refractivity contribution is 8.00. The zero-order valence-electron chi connectivity index (χ0n) is 13.2. The molecule has 114 valence electrons. The molecule has 20 heavy (non-hydrogen) atoms. The molecule has 1 unspecified atom stereocenters. The van der Waals surface area contributed by atoms with Gasteiger partial charge in [-0.1, -0.05) is 13.8 Å². The minimum Gasteiger partial charge on any atom is -0.356 e. The number of aliphatic imine (C=N–C) groups is 1. The first-order chi connectivity index (χ1) is 9.64. The van der Waals surface area contributed by atoms with E-state index in [4.69, 9.17) is 0 Å². The Morgan fingerprint density at radius 2 is 2.15 bits per heavy atom. The van der Waals surface area contributed by atoms with Gasteiger partial charge < -0.3 is 10.2 Å². The second-order valence-electron chi connectivity index (χ2n) is 7.14. The predicted molar refractivity (Wildman–Crippen MR) is 88.4 cm³/mol.